The van der Waals surface area contributed by atoms with Crippen molar-refractivity contribution in [1.29, 1.82) is 0 Å². The van der Waals surface area contributed by atoms with Crippen molar-refractivity contribution in [3.8, 4) is 0 Å². The molecule has 1 N–H and O–H groups in total. The van der Waals surface area contributed by atoms with E-state index in [1.807, 2.05) is 0 Å². The molecule has 0 fully saturated rings. The summed E-state index contributed by atoms with van der Waals surface area (Å²) in [6.45, 7) is 0. The van der Waals surface area contributed by atoms with Gasteiger partial charge in [0.1, 0.15) is 11.5 Å². The molecule has 0 radical (unpaired) electrons. The molecule has 0 bridgehead atoms. The molecule has 1 heterocycles. The Kier molecular flexibility index (Phi) is 3.98. The topological polar surface area (TPSA) is 64.0 Å². The number of aromatic nitrogens is 2. The fourth-order valence-corrected chi connectivity index (χ4v) is 1.64. The maximum absolute atomic E-state index is 13.1. The van der Waals surface area contributed by atoms with Crippen LogP contribution in [-0.2, 0) is 13.2 Å². The molecule has 22 heavy (non-hydrogen) atoms. The van der Waals surface area contributed by atoms with Gasteiger partial charge < -0.3 is 5.32 Å². The van der Waals surface area contributed by atoms with Crippen LogP contribution >= 0.6 is 0 Å². The van der Waals surface area contributed by atoms with Gasteiger partial charge in [-0.15, -0.1) is 0 Å². The zero-order valence-corrected chi connectivity index (χ0v) is 11.1. The van der Waals surface area contributed by atoms with Crippen LogP contribution in [0.2, 0.25) is 0 Å². The summed E-state index contributed by atoms with van der Waals surface area (Å²) in [6, 6.07) is 4.30. The van der Waals surface area contributed by atoms with Crippen molar-refractivity contribution in [2.75, 3.05) is 5.32 Å². The number of hydrogen-bond acceptors (Lipinski definition) is 3. The van der Waals surface area contributed by atoms with Gasteiger partial charge in [-0.05, 0) is 24.3 Å². The number of halogens is 4. The third-order valence-corrected chi connectivity index (χ3v) is 2.72. The second-order valence-electron chi connectivity index (χ2n) is 4.33. The van der Waals surface area contributed by atoms with E-state index in [0.717, 1.165) is 22.9 Å². The molecule has 5 nitrogen and oxygen atoms in total. The second-order valence-corrected chi connectivity index (χ2v) is 4.33. The maximum Gasteiger partial charge on any atom is 0.419 e. The lowest BCUT2D eigenvalue weighted by molar-refractivity contribution is -0.139. The van der Waals surface area contributed by atoms with Gasteiger partial charge in [-0.1, -0.05) is 0 Å². The summed E-state index contributed by atoms with van der Waals surface area (Å²) < 4.78 is 51.8. The lowest BCUT2D eigenvalue weighted by Crippen LogP contribution is -2.23. The molecule has 1 aromatic carbocycles. The molecule has 0 aliphatic heterocycles. The highest BCUT2D eigenvalue weighted by Gasteiger charge is 2.34. The maximum atomic E-state index is 13.1. The minimum absolute atomic E-state index is 0.167. The molecule has 2 aromatic rings. The Morgan fingerprint density at radius 1 is 1.23 bits per heavy atom. The smallest absolute Gasteiger partial charge is 0.321 e. The van der Waals surface area contributed by atoms with Crippen molar-refractivity contribution in [3.05, 3.63) is 57.8 Å². The number of nitrogens with zero attached hydrogens (tertiary/aromatic N) is 2. The van der Waals surface area contributed by atoms with Crippen molar-refractivity contribution in [2.45, 2.75) is 6.18 Å². The molecule has 0 saturated carbocycles. The molecule has 1 aromatic heterocycles. The van der Waals surface area contributed by atoms with Gasteiger partial charge in [0.15, 0.2) is 0 Å². The van der Waals surface area contributed by atoms with Gasteiger partial charge >= 0.3 is 6.18 Å². The van der Waals surface area contributed by atoms with E-state index in [9.17, 15) is 27.2 Å². The number of rotatable bonds is 2. The van der Waals surface area contributed by atoms with Crippen LogP contribution in [0.1, 0.15) is 16.1 Å². The van der Waals surface area contributed by atoms with E-state index in [4.69, 9.17) is 0 Å². The molecule has 0 saturated heterocycles. The zero-order chi connectivity index (χ0) is 16.5. The summed E-state index contributed by atoms with van der Waals surface area (Å²) in [4.78, 5) is 23.0. The van der Waals surface area contributed by atoms with E-state index in [1.165, 1.54) is 7.05 Å². The molecule has 0 atom stereocenters. The van der Waals surface area contributed by atoms with Crippen molar-refractivity contribution in [2.24, 2.45) is 7.05 Å². The van der Waals surface area contributed by atoms with E-state index in [2.05, 4.69) is 10.4 Å². The average Bonchev–Trinajstić information content (AvgIpc) is 2.42. The lowest BCUT2D eigenvalue weighted by atomic mass is 10.1. The molecule has 1 amide bonds. The molecule has 0 aliphatic carbocycles. The number of anilines is 1. The summed E-state index contributed by atoms with van der Waals surface area (Å²) in [5.74, 6) is -2.26. The molecular formula is C13H9F4N3O2. The number of aryl methyl sites for hydroxylation is 1. The first-order valence-electron chi connectivity index (χ1n) is 5.91. The molecular weight excluding hydrogens is 306 g/mol. The molecule has 0 spiro atoms. The van der Waals surface area contributed by atoms with Gasteiger partial charge in [-0.25, -0.2) is 9.07 Å². The SMILES string of the molecule is Cn1nc(C(=O)Nc2ccc(F)c(C(F)(F)F)c2)ccc1=O. The predicted octanol–water partition coefficient (Wildman–Crippen LogP) is 2.19. The first kappa shape index (κ1) is 15.7. The van der Waals surface area contributed by atoms with Gasteiger partial charge in [0.05, 0.1) is 5.56 Å². The minimum atomic E-state index is -4.88. The third kappa shape index (κ3) is 3.30. The molecule has 0 aliphatic rings. The van der Waals surface area contributed by atoms with Crippen LogP contribution in [-0.4, -0.2) is 15.7 Å². The number of carbonyl (C=O) groups is 1. The minimum Gasteiger partial charge on any atom is -0.321 e. The highest BCUT2D eigenvalue weighted by Crippen LogP contribution is 2.33. The largest absolute Gasteiger partial charge is 0.419 e. The first-order valence-corrected chi connectivity index (χ1v) is 5.91. The van der Waals surface area contributed by atoms with Crippen molar-refractivity contribution in [3.63, 3.8) is 0 Å². The van der Waals surface area contributed by atoms with Crippen LogP contribution in [0.5, 0.6) is 0 Å². The first-order chi connectivity index (χ1) is 10.2. The number of nitrogens with one attached hydrogen (secondary N) is 1. The van der Waals surface area contributed by atoms with E-state index >= 15 is 0 Å². The Morgan fingerprint density at radius 3 is 2.50 bits per heavy atom. The van der Waals surface area contributed by atoms with E-state index in [1.54, 1.807) is 0 Å². The highest BCUT2D eigenvalue weighted by atomic mass is 19.4. The summed E-state index contributed by atoms with van der Waals surface area (Å²) in [7, 11) is 1.32. The second kappa shape index (κ2) is 5.58. The number of amides is 1. The number of benzene rings is 1. The van der Waals surface area contributed by atoms with Crippen LogP contribution < -0.4 is 10.9 Å². The van der Waals surface area contributed by atoms with E-state index in [-0.39, 0.29) is 11.4 Å². The average molecular weight is 315 g/mol. The number of alkyl halides is 3. The Hall–Kier alpha value is -2.71. The Bertz CT molecular complexity index is 784. The van der Waals surface area contributed by atoms with Gasteiger partial charge in [-0.2, -0.15) is 18.3 Å². The van der Waals surface area contributed by atoms with Crippen LogP contribution in [0.3, 0.4) is 0 Å². The standard InChI is InChI=1S/C13H9F4N3O2/c1-20-11(21)5-4-10(19-20)12(22)18-7-2-3-9(14)8(6-7)13(15,16)17/h2-6H,1H3,(H,18,22). The van der Waals surface area contributed by atoms with E-state index in [0.29, 0.717) is 12.1 Å². The Morgan fingerprint density at radius 2 is 1.91 bits per heavy atom. The Labute approximate surface area is 121 Å². The molecule has 2 rings (SSSR count). The van der Waals surface area contributed by atoms with Gasteiger partial charge in [-0.3, -0.25) is 9.59 Å². The van der Waals surface area contributed by atoms with Crippen LogP contribution in [0.15, 0.2) is 35.1 Å². The van der Waals surface area contributed by atoms with Crippen LogP contribution in [0, 0.1) is 5.82 Å². The monoisotopic (exact) mass is 315 g/mol. The van der Waals surface area contributed by atoms with Crippen LogP contribution in [0.25, 0.3) is 0 Å². The quantitative estimate of drug-likeness (QED) is 0.864. The number of carbonyl (C=O) groups excluding carboxylic acids is 1. The molecule has 9 heteroatoms. The summed E-state index contributed by atoms with van der Waals surface area (Å²) >= 11 is 0. The normalized spacial score (nSPS) is 11.3. The Balaban J connectivity index is 2.29. The fraction of sp³-hybridized carbons (Fsp3) is 0.154. The third-order valence-electron chi connectivity index (χ3n) is 2.72. The van der Waals surface area contributed by atoms with E-state index < -0.39 is 29.0 Å². The predicted molar refractivity (Wildman–Crippen MR) is 68.8 cm³/mol. The highest BCUT2D eigenvalue weighted by molar-refractivity contribution is 6.02. The summed E-state index contributed by atoms with van der Waals surface area (Å²) in [6.07, 6.45) is -4.88. The van der Waals surface area contributed by atoms with Crippen LogP contribution in [0.4, 0.5) is 23.2 Å². The van der Waals surface area contributed by atoms with Gasteiger partial charge in [0, 0.05) is 18.8 Å². The fourth-order valence-electron chi connectivity index (χ4n) is 1.64. The van der Waals surface area contributed by atoms with Crippen molar-refractivity contribution >= 4 is 11.6 Å². The van der Waals surface area contributed by atoms with Crippen molar-refractivity contribution in [1.82, 2.24) is 9.78 Å². The summed E-state index contributed by atoms with van der Waals surface area (Å²) in [5.41, 5.74) is -2.34. The lowest BCUT2D eigenvalue weighted by Gasteiger charge is -2.11. The summed E-state index contributed by atoms with van der Waals surface area (Å²) in [5, 5.41) is 5.81. The number of hydrogen-bond donors (Lipinski definition) is 1. The molecule has 116 valence electrons. The van der Waals surface area contributed by atoms with Gasteiger partial charge in [0.2, 0.25) is 0 Å². The molecule has 0 unspecified atom stereocenters. The van der Waals surface area contributed by atoms with Crippen molar-refractivity contribution < 1.29 is 22.4 Å². The zero-order valence-electron chi connectivity index (χ0n) is 11.1. The van der Waals surface area contributed by atoms with Gasteiger partial charge in [0.25, 0.3) is 11.5 Å².